The molecule has 6 heteroatoms. The first-order chi connectivity index (χ1) is 10.5. The van der Waals surface area contributed by atoms with E-state index in [0.29, 0.717) is 31.5 Å². The fourth-order valence-corrected chi connectivity index (χ4v) is 2.85. The largest absolute Gasteiger partial charge is 0.300 e. The second kappa shape index (κ2) is 5.88. The van der Waals surface area contributed by atoms with Gasteiger partial charge in [-0.2, -0.15) is 0 Å². The summed E-state index contributed by atoms with van der Waals surface area (Å²) in [5, 5.41) is 9.63. The van der Waals surface area contributed by atoms with Crippen molar-refractivity contribution in [2.24, 2.45) is 0 Å². The van der Waals surface area contributed by atoms with Crippen LogP contribution in [0.5, 0.6) is 0 Å². The zero-order valence-corrected chi connectivity index (χ0v) is 13.5. The molecule has 0 aliphatic rings. The summed E-state index contributed by atoms with van der Waals surface area (Å²) in [5.74, 6) is -0.389. The Morgan fingerprint density at radius 2 is 1.95 bits per heavy atom. The molecule has 0 unspecified atom stereocenters. The molecular formula is C16H9Cl2FN2S. The number of thiol groups is 1. The van der Waals surface area contributed by atoms with Gasteiger partial charge in [0.15, 0.2) is 0 Å². The first kappa shape index (κ1) is 15.3. The van der Waals surface area contributed by atoms with E-state index >= 15 is 0 Å². The number of halogens is 3. The predicted octanol–water partition coefficient (Wildman–Crippen LogP) is 5.39. The summed E-state index contributed by atoms with van der Waals surface area (Å²) in [4.78, 5) is 4.53. The summed E-state index contributed by atoms with van der Waals surface area (Å²) in [6.45, 7) is 0. The third-order valence-corrected chi connectivity index (χ3v) is 4.69. The number of fused-ring (bicyclic) bond motifs is 1. The summed E-state index contributed by atoms with van der Waals surface area (Å²) in [6, 6.07) is 9.71. The van der Waals surface area contributed by atoms with Crippen LogP contribution in [0.1, 0.15) is 11.1 Å². The highest BCUT2D eigenvalue weighted by molar-refractivity contribution is 7.80. The van der Waals surface area contributed by atoms with Crippen LogP contribution in [0.15, 0.2) is 47.5 Å². The van der Waals surface area contributed by atoms with Crippen molar-refractivity contribution in [3.05, 3.63) is 69.6 Å². The van der Waals surface area contributed by atoms with Gasteiger partial charge in [-0.1, -0.05) is 41.4 Å². The van der Waals surface area contributed by atoms with Gasteiger partial charge in [0.1, 0.15) is 11.3 Å². The summed E-state index contributed by atoms with van der Waals surface area (Å²) < 4.78 is 13.6. The molecule has 0 spiro atoms. The minimum atomic E-state index is -0.389. The monoisotopic (exact) mass is 350 g/mol. The molecule has 0 radical (unpaired) electrons. The summed E-state index contributed by atoms with van der Waals surface area (Å²) in [6.07, 6.45) is 1.46. The van der Waals surface area contributed by atoms with Gasteiger partial charge in [-0.05, 0) is 18.2 Å². The van der Waals surface area contributed by atoms with E-state index in [1.807, 2.05) is 0 Å². The van der Waals surface area contributed by atoms with Gasteiger partial charge in [-0.15, -0.1) is 12.6 Å². The van der Waals surface area contributed by atoms with Gasteiger partial charge in [0.25, 0.3) is 0 Å². The number of nitrogens with zero attached hydrogens (tertiary/aromatic N) is 1. The molecule has 3 aromatic rings. The van der Waals surface area contributed by atoms with Gasteiger partial charge in [0.05, 0.1) is 15.8 Å². The SMILES string of the molecule is N=C(c1cnc2c(F)cccc2c1)c1ccc(Cl)c(Cl)c1S. The number of nitrogens with one attached hydrogen (secondary N) is 1. The maximum atomic E-state index is 13.6. The van der Waals surface area contributed by atoms with Gasteiger partial charge < -0.3 is 0 Å². The maximum Gasteiger partial charge on any atom is 0.149 e. The lowest BCUT2D eigenvalue weighted by atomic mass is 10.0. The van der Waals surface area contributed by atoms with Crippen molar-refractivity contribution in [3.8, 4) is 0 Å². The zero-order valence-electron chi connectivity index (χ0n) is 11.1. The van der Waals surface area contributed by atoms with Crippen LogP contribution in [0.3, 0.4) is 0 Å². The average Bonchev–Trinajstić information content (AvgIpc) is 2.52. The fourth-order valence-electron chi connectivity index (χ4n) is 2.16. The van der Waals surface area contributed by atoms with Crippen LogP contribution in [0, 0.1) is 11.2 Å². The number of pyridine rings is 1. The molecular weight excluding hydrogens is 342 g/mol. The molecule has 22 heavy (non-hydrogen) atoms. The summed E-state index contributed by atoms with van der Waals surface area (Å²) in [5.41, 5.74) is 1.56. The number of hydrogen-bond acceptors (Lipinski definition) is 3. The Kier molecular flexibility index (Phi) is 4.08. The Hall–Kier alpha value is -1.62. The first-order valence-electron chi connectivity index (χ1n) is 6.29. The Morgan fingerprint density at radius 1 is 1.18 bits per heavy atom. The Labute approximate surface area is 141 Å². The van der Waals surface area contributed by atoms with Crippen molar-refractivity contribution >= 4 is 52.4 Å². The van der Waals surface area contributed by atoms with E-state index in [4.69, 9.17) is 28.6 Å². The van der Waals surface area contributed by atoms with Gasteiger partial charge >= 0.3 is 0 Å². The standard InChI is InChI=1S/C16H9Cl2FN2S/c17-11-5-4-10(16(22)13(11)18)14(20)9-6-8-2-1-3-12(19)15(8)21-7-9/h1-7,20,22H. The van der Waals surface area contributed by atoms with E-state index in [1.165, 1.54) is 12.3 Å². The van der Waals surface area contributed by atoms with E-state index in [1.54, 1.807) is 30.3 Å². The summed E-state index contributed by atoms with van der Waals surface area (Å²) >= 11 is 16.3. The highest BCUT2D eigenvalue weighted by atomic mass is 35.5. The van der Waals surface area contributed by atoms with Crippen LogP contribution in [-0.2, 0) is 0 Å². The first-order valence-corrected chi connectivity index (χ1v) is 7.50. The minimum absolute atomic E-state index is 0.197. The smallest absolute Gasteiger partial charge is 0.149 e. The van der Waals surface area contributed by atoms with Gasteiger partial charge in [0, 0.05) is 27.6 Å². The fraction of sp³-hybridized carbons (Fsp3) is 0. The summed E-state index contributed by atoms with van der Waals surface area (Å²) in [7, 11) is 0. The molecule has 0 fully saturated rings. The van der Waals surface area contributed by atoms with E-state index in [9.17, 15) is 4.39 Å². The lowest BCUT2D eigenvalue weighted by molar-refractivity contribution is 0.637. The third kappa shape index (κ3) is 2.58. The Morgan fingerprint density at radius 3 is 2.73 bits per heavy atom. The number of para-hydroxylation sites is 1. The van der Waals surface area contributed by atoms with Crippen LogP contribution in [0.25, 0.3) is 10.9 Å². The molecule has 2 aromatic carbocycles. The molecule has 1 aromatic heterocycles. The van der Waals surface area contributed by atoms with Crippen molar-refractivity contribution in [2.45, 2.75) is 4.90 Å². The van der Waals surface area contributed by atoms with Crippen molar-refractivity contribution in [2.75, 3.05) is 0 Å². The second-order valence-electron chi connectivity index (χ2n) is 4.67. The molecule has 0 saturated carbocycles. The van der Waals surface area contributed by atoms with E-state index in [-0.39, 0.29) is 17.0 Å². The quantitative estimate of drug-likeness (QED) is 0.472. The molecule has 0 saturated heterocycles. The topological polar surface area (TPSA) is 36.7 Å². The van der Waals surface area contributed by atoms with Crippen LogP contribution < -0.4 is 0 Å². The van der Waals surface area contributed by atoms with Crippen LogP contribution >= 0.6 is 35.8 Å². The molecule has 2 nitrogen and oxygen atoms in total. The molecule has 3 rings (SSSR count). The molecule has 0 atom stereocenters. The Bertz CT molecular complexity index is 912. The molecule has 1 N–H and O–H groups in total. The third-order valence-electron chi connectivity index (χ3n) is 3.29. The van der Waals surface area contributed by atoms with E-state index in [2.05, 4.69) is 17.6 Å². The lowest BCUT2D eigenvalue weighted by Gasteiger charge is -2.10. The number of hydrogen-bond donors (Lipinski definition) is 2. The van der Waals surface area contributed by atoms with Crippen molar-refractivity contribution in [1.82, 2.24) is 4.98 Å². The molecule has 110 valence electrons. The van der Waals surface area contributed by atoms with Gasteiger partial charge in [-0.25, -0.2) is 4.39 Å². The van der Waals surface area contributed by atoms with Crippen LogP contribution in [-0.4, -0.2) is 10.7 Å². The van der Waals surface area contributed by atoms with Crippen LogP contribution in [0.2, 0.25) is 10.0 Å². The molecule has 0 aliphatic carbocycles. The van der Waals surface area contributed by atoms with Crippen molar-refractivity contribution in [1.29, 1.82) is 5.41 Å². The number of benzene rings is 2. The van der Waals surface area contributed by atoms with Crippen molar-refractivity contribution < 1.29 is 4.39 Å². The second-order valence-corrected chi connectivity index (χ2v) is 5.90. The minimum Gasteiger partial charge on any atom is -0.300 e. The molecule has 0 bridgehead atoms. The predicted molar refractivity (Wildman–Crippen MR) is 91.3 cm³/mol. The maximum absolute atomic E-state index is 13.6. The highest BCUT2D eigenvalue weighted by Crippen LogP contribution is 2.32. The van der Waals surface area contributed by atoms with E-state index < -0.39 is 0 Å². The van der Waals surface area contributed by atoms with Crippen molar-refractivity contribution in [3.63, 3.8) is 0 Å². The van der Waals surface area contributed by atoms with E-state index in [0.717, 1.165) is 0 Å². The van der Waals surface area contributed by atoms with Crippen LogP contribution in [0.4, 0.5) is 4.39 Å². The molecule has 0 amide bonds. The molecule has 1 heterocycles. The zero-order chi connectivity index (χ0) is 15.9. The molecule has 0 aliphatic heterocycles. The normalized spacial score (nSPS) is 10.9. The average molecular weight is 351 g/mol. The highest BCUT2D eigenvalue weighted by Gasteiger charge is 2.14. The number of aromatic nitrogens is 1. The lowest BCUT2D eigenvalue weighted by Crippen LogP contribution is -2.04. The van der Waals surface area contributed by atoms with Gasteiger partial charge in [-0.3, -0.25) is 10.4 Å². The van der Waals surface area contributed by atoms with Gasteiger partial charge in [0.2, 0.25) is 0 Å². The number of rotatable bonds is 2. The Balaban J connectivity index is 2.12.